The lowest BCUT2D eigenvalue weighted by atomic mass is 9.68. The summed E-state index contributed by atoms with van der Waals surface area (Å²) in [7, 11) is 1.79. The number of fused-ring (bicyclic) bond motifs is 1. The van der Waals surface area contributed by atoms with Crippen molar-refractivity contribution in [2.24, 2.45) is 5.92 Å². The molecule has 0 bridgehead atoms. The van der Waals surface area contributed by atoms with Crippen molar-refractivity contribution >= 4 is 0 Å². The van der Waals surface area contributed by atoms with Crippen molar-refractivity contribution in [2.75, 3.05) is 20.2 Å². The zero-order chi connectivity index (χ0) is 11.7. The second kappa shape index (κ2) is 4.34. The minimum Gasteiger partial charge on any atom is -0.496 e. The van der Waals surface area contributed by atoms with Crippen LogP contribution in [0, 0.1) is 5.92 Å². The highest BCUT2D eigenvalue weighted by Crippen LogP contribution is 2.51. The van der Waals surface area contributed by atoms with Crippen LogP contribution < -0.4 is 10.1 Å². The van der Waals surface area contributed by atoms with E-state index in [1.165, 1.54) is 37.8 Å². The fourth-order valence-electron chi connectivity index (χ4n) is 3.90. The number of ether oxygens (including phenoxy) is 1. The van der Waals surface area contributed by atoms with Crippen LogP contribution in [-0.4, -0.2) is 20.2 Å². The maximum Gasteiger partial charge on any atom is 0.122 e. The molecule has 0 amide bonds. The first-order chi connectivity index (χ1) is 8.37. The molecule has 1 heterocycles. The third-order valence-electron chi connectivity index (χ3n) is 4.74. The van der Waals surface area contributed by atoms with Gasteiger partial charge in [-0.15, -0.1) is 0 Å². The van der Waals surface area contributed by atoms with E-state index < -0.39 is 0 Å². The summed E-state index contributed by atoms with van der Waals surface area (Å²) in [5.74, 6) is 1.88. The van der Waals surface area contributed by atoms with E-state index in [0.29, 0.717) is 5.41 Å². The van der Waals surface area contributed by atoms with E-state index in [1.54, 1.807) is 7.11 Å². The molecule has 92 valence electrons. The Kier molecular flexibility index (Phi) is 2.83. The number of nitrogens with one attached hydrogen (secondary N) is 1. The smallest absolute Gasteiger partial charge is 0.122 e. The van der Waals surface area contributed by atoms with E-state index in [9.17, 15) is 0 Å². The van der Waals surface area contributed by atoms with Crippen LogP contribution in [0.5, 0.6) is 5.75 Å². The standard InChI is InChI=1S/C15H21NO/c1-17-14-7-3-2-6-13(14)15-8-4-5-12(15)11-16-10-9-15/h2-3,6-7,12,16H,4-5,8-11H2,1H3. The van der Waals surface area contributed by atoms with Crippen molar-refractivity contribution in [3.8, 4) is 5.75 Å². The molecule has 0 aromatic heterocycles. The van der Waals surface area contributed by atoms with Gasteiger partial charge in [-0.3, -0.25) is 0 Å². The first-order valence-electron chi connectivity index (χ1n) is 6.71. The van der Waals surface area contributed by atoms with Crippen molar-refractivity contribution in [1.29, 1.82) is 0 Å². The lowest BCUT2D eigenvalue weighted by molar-refractivity contribution is 0.230. The van der Waals surface area contributed by atoms with Gasteiger partial charge in [0.2, 0.25) is 0 Å². The monoisotopic (exact) mass is 231 g/mol. The summed E-state index contributed by atoms with van der Waals surface area (Å²) in [5.41, 5.74) is 1.84. The Morgan fingerprint density at radius 1 is 1.29 bits per heavy atom. The zero-order valence-corrected chi connectivity index (χ0v) is 10.5. The van der Waals surface area contributed by atoms with E-state index in [-0.39, 0.29) is 0 Å². The second-order valence-corrected chi connectivity index (χ2v) is 5.40. The van der Waals surface area contributed by atoms with Gasteiger partial charge in [0, 0.05) is 11.0 Å². The van der Waals surface area contributed by atoms with E-state index in [4.69, 9.17) is 4.74 Å². The third-order valence-corrected chi connectivity index (χ3v) is 4.74. The average Bonchev–Trinajstić information content (AvgIpc) is 2.83. The molecule has 0 spiro atoms. The highest BCUT2D eigenvalue weighted by Gasteiger charge is 2.46. The SMILES string of the molecule is COc1ccccc1C12CCCC1CNCC2. The third kappa shape index (κ3) is 1.66. The zero-order valence-electron chi connectivity index (χ0n) is 10.5. The fourth-order valence-corrected chi connectivity index (χ4v) is 3.90. The van der Waals surface area contributed by atoms with Crippen molar-refractivity contribution in [3.63, 3.8) is 0 Å². The van der Waals surface area contributed by atoms with Gasteiger partial charge in [-0.1, -0.05) is 24.6 Å². The van der Waals surface area contributed by atoms with Crippen LogP contribution >= 0.6 is 0 Å². The number of rotatable bonds is 2. The number of hydrogen-bond acceptors (Lipinski definition) is 2. The summed E-state index contributed by atoms with van der Waals surface area (Å²) in [5, 5.41) is 3.55. The molecule has 3 rings (SSSR count). The second-order valence-electron chi connectivity index (χ2n) is 5.40. The topological polar surface area (TPSA) is 21.3 Å². The number of piperidine rings is 1. The molecule has 1 aromatic carbocycles. The predicted octanol–water partition coefficient (Wildman–Crippen LogP) is 2.73. The Hall–Kier alpha value is -1.02. The van der Waals surface area contributed by atoms with Crippen LogP contribution in [0.1, 0.15) is 31.2 Å². The van der Waals surface area contributed by atoms with Gasteiger partial charge in [0.1, 0.15) is 5.75 Å². The molecule has 17 heavy (non-hydrogen) atoms. The van der Waals surface area contributed by atoms with Crippen molar-refractivity contribution in [1.82, 2.24) is 5.32 Å². The Bertz CT molecular complexity index is 404. The number of para-hydroxylation sites is 1. The molecule has 2 nitrogen and oxygen atoms in total. The summed E-state index contributed by atoms with van der Waals surface area (Å²) in [4.78, 5) is 0. The molecule has 2 atom stereocenters. The Balaban J connectivity index is 2.05. The molecule has 1 aliphatic carbocycles. The van der Waals surface area contributed by atoms with Crippen molar-refractivity contribution in [3.05, 3.63) is 29.8 Å². The minimum absolute atomic E-state index is 0.387. The quantitative estimate of drug-likeness (QED) is 0.845. The Labute approximate surface area is 103 Å². The molecule has 2 aliphatic rings. The Morgan fingerprint density at radius 3 is 3.06 bits per heavy atom. The molecule has 2 fully saturated rings. The van der Waals surface area contributed by atoms with Gasteiger partial charge in [0.05, 0.1) is 7.11 Å². The molecular weight excluding hydrogens is 210 g/mol. The lowest BCUT2D eigenvalue weighted by Crippen LogP contribution is -2.45. The van der Waals surface area contributed by atoms with Crippen molar-refractivity contribution in [2.45, 2.75) is 31.1 Å². The Morgan fingerprint density at radius 2 is 2.18 bits per heavy atom. The van der Waals surface area contributed by atoms with Gasteiger partial charge in [-0.2, -0.15) is 0 Å². The average molecular weight is 231 g/mol. The molecule has 1 saturated heterocycles. The maximum absolute atomic E-state index is 5.58. The summed E-state index contributed by atoms with van der Waals surface area (Å²) in [6.07, 6.45) is 5.33. The first-order valence-corrected chi connectivity index (χ1v) is 6.71. The summed E-state index contributed by atoms with van der Waals surface area (Å²) >= 11 is 0. The molecule has 1 N–H and O–H groups in total. The van der Waals surface area contributed by atoms with Crippen LogP contribution in [0.3, 0.4) is 0 Å². The highest BCUT2D eigenvalue weighted by atomic mass is 16.5. The normalized spacial score (nSPS) is 32.2. The van der Waals surface area contributed by atoms with Gasteiger partial charge in [0.25, 0.3) is 0 Å². The molecule has 1 aromatic rings. The largest absolute Gasteiger partial charge is 0.496 e. The minimum atomic E-state index is 0.387. The van der Waals surface area contributed by atoms with Crippen LogP contribution in [0.4, 0.5) is 0 Å². The van der Waals surface area contributed by atoms with Crippen LogP contribution in [0.25, 0.3) is 0 Å². The molecule has 2 unspecified atom stereocenters. The summed E-state index contributed by atoms with van der Waals surface area (Å²) in [6.45, 7) is 2.33. The van der Waals surface area contributed by atoms with Crippen LogP contribution in [0.15, 0.2) is 24.3 Å². The van der Waals surface area contributed by atoms with Gasteiger partial charge in [-0.05, 0) is 44.3 Å². The molecule has 1 aliphatic heterocycles. The highest BCUT2D eigenvalue weighted by molar-refractivity contribution is 5.41. The molecule has 0 radical (unpaired) electrons. The van der Waals surface area contributed by atoms with E-state index in [1.807, 2.05) is 0 Å². The van der Waals surface area contributed by atoms with Crippen LogP contribution in [-0.2, 0) is 5.41 Å². The van der Waals surface area contributed by atoms with Gasteiger partial charge in [0.15, 0.2) is 0 Å². The molecule has 1 saturated carbocycles. The molecule has 2 heteroatoms. The summed E-state index contributed by atoms with van der Waals surface area (Å²) < 4.78 is 5.58. The van der Waals surface area contributed by atoms with Crippen LogP contribution in [0.2, 0.25) is 0 Å². The van der Waals surface area contributed by atoms with E-state index in [0.717, 1.165) is 18.2 Å². The van der Waals surface area contributed by atoms with Crippen molar-refractivity contribution < 1.29 is 4.74 Å². The van der Waals surface area contributed by atoms with Gasteiger partial charge < -0.3 is 10.1 Å². The van der Waals surface area contributed by atoms with E-state index >= 15 is 0 Å². The summed E-state index contributed by atoms with van der Waals surface area (Å²) in [6, 6.07) is 8.62. The number of benzene rings is 1. The lowest BCUT2D eigenvalue weighted by Gasteiger charge is -2.41. The van der Waals surface area contributed by atoms with Gasteiger partial charge in [-0.25, -0.2) is 0 Å². The predicted molar refractivity (Wildman–Crippen MR) is 69.5 cm³/mol. The maximum atomic E-state index is 5.58. The number of hydrogen-bond donors (Lipinski definition) is 1. The number of methoxy groups -OCH3 is 1. The molecular formula is C15H21NO. The first kappa shape index (κ1) is 11.1. The van der Waals surface area contributed by atoms with Gasteiger partial charge >= 0.3 is 0 Å². The fraction of sp³-hybridized carbons (Fsp3) is 0.600. The van der Waals surface area contributed by atoms with E-state index in [2.05, 4.69) is 29.6 Å².